The maximum Gasteiger partial charge on any atom is 0.411 e. The molecule has 2 atom stereocenters. The van der Waals surface area contributed by atoms with Crippen molar-refractivity contribution in [3.05, 3.63) is 23.8 Å². The van der Waals surface area contributed by atoms with Gasteiger partial charge in [0.25, 0.3) is 0 Å². The maximum atomic E-state index is 12.2. The number of nitrogens with one attached hydrogen (secondary N) is 1. The lowest BCUT2D eigenvalue weighted by Crippen LogP contribution is -2.43. The van der Waals surface area contributed by atoms with Gasteiger partial charge in [-0.05, 0) is 25.0 Å². The number of carbonyl (C=O) groups excluding carboxylic acids is 1. The minimum Gasteiger partial charge on any atom is -0.497 e. The van der Waals surface area contributed by atoms with E-state index in [1.165, 1.54) is 0 Å². The highest BCUT2D eigenvalue weighted by molar-refractivity contribution is 5.79. The molecule has 24 heavy (non-hydrogen) atoms. The molecule has 1 amide bonds. The van der Waals surface area contributed by atoms with Gasteiger partial charge in [0.05, 0.1) is 19.6 Å². The first-order chi connectivity index (χ1) is 11.3. The lowest BCUT2D eigenvalue weighted by molar-refractivity contribution is -0.175. The largest absolute Gasteiger partial charge is 0.497 e. The Kier molecular flexibility index (Phi) is 5.93. The summed E-state index contributed by atoms with van der Waals surface area (Å²) in [6.45, 7) is 0.278. The number of amides is 1. The van der Waals surface area contributed by atoms with Crippen LogP contribution in [0.25, 0.3) is 0 Å². The predicted molar refractivity (Wildman–Crippen MR) is 80.2 cm³/mol. The average molecular weight is 347 g/mol. The monoisotopic (exact) mass is 347 g/mol. The molecule has 8 heteroatoms. The SMILES string of the molecule is COc1ccc2c(c1)OCC(C(=O)NC(C)COCC(F)(F)F)C2. The Balaban J connectivity index is 1.83. The fraction of sp³-hybridized carbons (Fsp3) is 0.562. The van der Waals surface area contributed by atoms with Gasteiger partial charge in [0, 0.05) is 12.1 Å². The molecule has 0 spiro atoms. The molecule has 1 aliphatic rings. The number of carbonyl (C=O) groups is 1. The van der Waals surface area contributed by atoms with E-state index < -0.39 is 24.7 Å². The number of benzene rings is 1. The van der Waals surface area contributed by atoms with E-state index in [4.69, 9.17) is 9.47 Å². The van der Waals surface area contributed by atoms with E-state index in [1.54, 1.807) is 26.2 Å². The number of methoxy groups -OCH3 is 1. The van der Waals surface area contributed by atoms with Crippen LogP contribution in [-0.2, 0) is 16.0 Å². The summed E-state index contributed by atoms with van der Waals surface area (Å²) < 4.78 is 51.3. The van der Waals surface area contributed by atoms with Crippen LogP contribution in [0.1, 0.15) is 12.5 Å². The van der Waals surface area contributed by atoms with Crippen LogP contribution in [0.4, 0.5) is 13.2 Å². The standard InChI is InChI=1S/C16H20F3NO4/c1-10(7-23-9-16(17,18)19)20-15(21)12-5-11-3-4-13(22-2)6-14(11)24-8-12/h3-4,6,10,12H,5,7-9H2,1-2H3,(H,20,21). The zero-order valence-corrected chi connectivity index (χ0v) is 13.5. The van der Waals surface area contributed by atoms with Gasteiger partial charge in [-0.25, -0.2) is 0 Å². The minimum absolute atomic E-state index is 0.202. The smallest absolute Gasteiger partial charge is 0.411 e. The molecule has 1 aromatic rings. The Morgan fingerprint density at radius 1 is 1.46 bits per heavy atom. The number of hydrogen-bond donors (Lipinski definition) is 1. The van der Waals surface area contributed by atoms with Crippen LogP contribution in [-0.4, -0.2) is 45.1 Å². The van der Waals surface area contributed by atoms with Gasteiger partial charge in [-0.2, -0.15) is 13.2 Å². The van der Waals surface area contributed by atoms with Crippen molar-refractivity contribution < 1.29 is 32.2 Å². The molecule has 1 heterocycles. The lowest BCUT2D eigenvalue weighted by Gasteiger charge is -2.26. The summed E-state index contributed by atoms with van der Waals surface area (Å²) in [7, 11) is 1.56. The van der Waals surface area contributed by atoms with Gasteiger partial charge >= 0.3 is 6.18 Å². The third kappa shape index (κ3) is 5.30. The van der Waals surface area contributed by atoms with Crippen LogP contribution in [0.5, 0.6) is 11.5 Å². The number of ether oxygens (including phenoxy) is 3. The summed E-state index contributed by atoms with van der Waals surface area (Å²) in [4.78, 5) is 12.2. The predicted octanol–water partition coefficient (Wildman–Crippen LogP) is 2.33. The Bertz CT molecular complexity index is 577. The second kappa shape index (κ2) is 7.74. The Hall–Kier alpha value is -1.96. The van der Waals surface area contributed by atoms with Crippen molar-refractivity contribution in [2.24, 2.45) is 5.92 Å². The first kappa shape index (κ1) is 18.4. The van der Waals surface area contributed by atoms with Crippen LogP contribution in [0.3, 0.4) is 0 Å². The van der Waals surface area contributed by atoms with Gasteiger partial charge in [-0.15, -0.1) is 0 Å². The summed E-state index contributed by atoms with van der Waals surface area (Å²) >= 11 is 0. The number of rotatable bonds is 6. The van der Waals surface area contributed by atoms with E-state index in [1.807, 2.05) is 6.07 Å². The molecule has 0 fully saturated rings. The minimum atomic E-state index is -4.37. The van der Waals surface area contributed by atoms with E-state index in [2.05, 4.69) is 10.1 Å². The van der Waals surface area contributed by atoms with E-state index in [-0.39, 0.29) is 19.1 Å². The van der Waals surface area contributed by atoms with E-state index in [0.29, 0.717) is 17.9 Å². The zero-order valence-electron chi connectivity index (χ0n) is 13.5. The average Bonchev–Trinajstić information content (AvgIpc) is 2.52. The van der Waals surface area contributed by atoms with Gasteiger partial charge in [0.15, 0.2) is 0 Å². The topological polar surface area (TPSA) is 56.8 Å². The number of alkyl halides is 3. The summed E-state index contributed by atoms with van der Waals surface area (Å²) in [5, 5.41) is 2.65. The van der Waals surface area contributed by atoms with Gasteiger partial charge in [-0.3, -0.25) is 4.79 Å². The summed E-state index contributed by atoms with van der Waals surface area (Å²) in [6, 6.07) is 4.87. The molecule has 0 aromatic heterocycles. The second-order valence-corrected chi connectivity index (χ2v) is 5.73. The number of halogens is 3. The Morgan fingerprint density at radius 2 is 2.21 bits per heavy atom. The molecule has 0 saturated carbocycles. The molecular weight excluding hydrogens is 327 g/mol. The summed E-state index contributed by atoms with van der Waals surface area (Å²) in [6.07, 6.45) is -3.87. The van der Waals surface area contributed by atoms with Crippen molar-refractivity contribution in [2.75, 3.05) is 26.9 Å². The van der Waals surface area contributed by atoms with Crippen LogP contribution < -0.4 is 14.8 Å². The third-order valence-corrected chi connectivity index (χ3v) is 3.57. The van der Waals surface area contributed by atoms with E-state index in [9.17, 15) is 18.0 Å². The van der Waals surface area contributed by atoms with Crippen molar-refractivity contribution >= 4 is 5.91 Å². The highest BCUT2D eigenvalue weighted by Gasteiger charge is 2.29. The lowest BCUT2D eigenvalue weighted by atomic mass is 9.95. The Labute approximate surface area is 138 Å². The maximum absolute atomic E-state index is 12.2. The first-order valence-corrected chi connectivity index (χ1v) is 7.53. The molecule has 0 aliphatic carbocycles. The van der Waals surface area contributed by atoms with Crippen LogP contribution >= 0.6 is 0 Å². The van der Waals surface area contributed by atoms with Crippen molar-refractivity contribution in [3.8, 4) is 11.5 Å². The van der Waals surface area contributed by atoms with Gasteiger partial charge in [0.2, 0.25) is 5.91 Å². The van der Waals surface area contributed by atoms with Crippen molar-refractivity contribution in [2.45, 2.75) is 25.6 Å². The molecule has 1 N–H and O–H groups in total. The molecule has 0 saturated heterocycles. The molecule has 134 valence electrons. The molecule has 0 bridgehead atoms. The first-order valence-electron chi connectivity index (χ1n) is 7.53. The number of hydrogen-bond acceptors (Lipinski definition) is 4. The molecule has 1 aliphatic heterocycles. The fourth-order valence-electron chi connectivity index (χ4n) is 2.40. The highest BCUT2D eigenvalue weighted by Crippen LogP contribution is 2.31. The summed E-state index contributed by atoms with van der Waals surface area (Å²) in [5.74, 6) is 0.697. The van der Waals surface area contributed by atoms with Crippen molar-refractivity contribution in [3.63, 3.8) is 0 Å². The van der Waals surface area contributed by atoms with Crippen LogP contribution in [0, 0.1) is 5.92 Å². The molecular formula is C16H20F3NO4. The van der Waals surface area contributed by atoms with Crippen LogP contribution in [0.15, 0.2) is 18.2 Å². The van der Waals surface area contributed by atoms with Crippen LogP contribution in [0.2, 0.25) is 0 Å². The van der Waals surface area contributed by atoms with Crippen molar-refractivity contribution in [1.82, 2.24) is 5.32 Å². The molecule has 2 rings (SSSR count). The summed E-state index contributed by atoms with van der Waals surface area (Å²) in [5.41, 5.74) is 0.892. The van der Waals surface area contributed by atoms with Crippen molar-refractivity contribution in [1.29, 1.82) is 0 Å². The van der Waals surface area contributed by atoms with E-state index in [0.717, 1.165) is 5.56 Å². The van der Waals surface area contributed by atoms with Gasteiger partial charge < -0.3 is 19.5 Å². The fourth-order valence-corrected chi connectivity index (χ4v) is 2.40. The second-order valence-electron chi connectivity index (χ2n) is 5.73. The van der Waals surface area contributed by atoms with Gasteiger partial charge in [0.1, 0.15) is 24.7 Å². The Morgan fingerprint density at radius 3 is 2.88 bits per heavy atom. The number of fused-ring (bicyclic) bond motifs is 1. The molecule has 5 nitrogen and oxygen atoms in total. The normalized spacial score (nSPS) is 18.3. The highest BCUT2D eigenvalue weighted by atomic mass is 19.4. The zero-order chi connectivity index (χ0) is 17.7. The van der Waals surface area contributed by atoms with Gasteiger partial charge in [-0.1, -0.05) is 6.07 Å². The molecule has 2 unspecified atom stereocenters. The van der Waals surface area contributed by atoms with E-state index >= 15 is 0 Å². The molecule has 0 radical (unpaired) electrons. The third-order valence-electron chi connectivity index (χ3n) is 3.57. The quantitative estimate of drug-likeness (QED) is 0.858. The molecule has 1 aromatic carbocycles.